The molecule has 2 heterocycles. The molecule has 0 spiro atoms. The van der Waals surface area contributed by atoms with Crippen LogP contribution in [0.3, 0.4) is 0 Å². The number of pyridine rings is 1. The maximum Gasteiger partial charge on any atom is 0.330 e. The van der Waals surface area contributed by atoms with Gasteiger partial charge in [0, 0.05) is 30.2 Å². The number of carbonyl (C=O) groups excluding carboxylic acids is 1. The summed E-state index contributed by atoms with van der Waals surface area (Å²) in [7, 11) is 0. The first-order chi connectivity index (χ1) is 14.5. The predicted octanol–water partition coefficient (Wildman–Crippen LogP) is 2.91. The molecule has 0 radical (unpaired) electrons. The summed E-state index contributed by atoms with van der Waals surface area (Å²) in [6.07, 6.45) is 4.77. The summed E-state index contributed by atoms with van der Waals surface area (Å²) in [6.45, 7) is 4.68. The number of H-pyrrole nitrogens is 1. The number of anilines is 2. The number of unbranched alkanes of at least 4 members (excludes halogenated alkanes) is 2. The Balaban J connectivity index is 2.16. The Morgan fingerprint density at radius 1 is 1.13 bits per heavy atom. The molecule has 0 bridgehead atoms. The first kappa shape index (κ1) is 21.3. The van der Waals surface area contributed by atoms with Crippen molar-refractivity contribution in [2.24, 2.45) is 0 Å². The molecule has 0 fully saturated rings. The number of amides is 1. The fourth-order valence-electron chi connectivity index (χ4n) is 3.44. The van der Waals surface area contributed by atoms with E-state index in [4.69, 9.17) is 5.73 Å². The van der Waals surface area contributed by atoms with E-state index >= 15 is 0 Å². The highest BCUT2D eigenvalue weighted by atomic mass is 16.2. The number of hydrogen-bond donors (Lipinski definition) is 2. The second-order valence-corrected chi connectivity index (χ2v) is 7.18. The first-order valence-corrected chi connectivity index (χ1v) is 10.3. The zero-order chi connectivity index (χ0) is 21.7. The van der Waals surface area contributed by atoms with Gasteiger partial charge in [0.1, 0.15) is 5.82 Å². The van der Waals surface area contributed by atoms with Crippen molar-refractivity contribution in [1.29, 1.82) is 0 Å². The number of rotatable bonds is 8. The third kappa shape index (κ3) is 4.12. The Morgan fingerprint density at radius 3 is 2.63 bits per heavy atom. The molecule has 3 N–H and O–H groups in total. The van der Waals surface area contributed by atoms with Crippen LogP contribution in [0, 0.1) is 0 Å². The molecular weight excluding hydrogens is 382 g/mol. The molecule has 158 valence electrons. The van der Waals surface area contributed by atoms with Crippen molar-refractivity contribution in [3.05, 3.63) is 62.9 Å². The summed E-state index contributed by atoms with van der Waals surface area (Å²) in [5.74, 6) is -0.333. The molecule has 3 rings (SSSR count). The molecule has 1 amide bonds. The first-order valence-electron chi connectivity index (χ1n) is 10.3. The largest absolute Gasteiger partial charge is 0.383 e. The van der Waals surface area contributed by atoms with Crippen molar-refractivity contribution in [3.8, 4) is 0 Å². The monoisotopic (exact) mass is 409 g/mol. The topological polar surface area (TPSA) is 114 Å². The lowest BCUT2D eigenvalue weighted by Crippen LogP contribution is -2.41. The van der Waals surface area contributed by atoms with Crippen LogP contribution < -0.4 is 21.9 Å². The van der Waals surface area contributed by atoms with Gasteiger partial charge in [-0.3, -0.25) is 24.1 Å². The third-order valence-electron chi connectivity index (χ3n) is 5.08. The molecule has 8 heteroatoms. The quantitative estimate of drug-likeness (QED) is 0.594. The lowest BCUT2D eigenvalue weighted by Gasteiger charge is -2.25. The van der Waals surface area contributed by atoms with Gasteiger partial charge in [-0.15, -0.1) is 0 Å². The molecule has 0 aliphatic carbocycles. The number of nitrogens with two attached hydrogens (primary N) is 1. The van der Waals surface area contributed by atoms with E-state index < -0.39 is 11.2 Å². The second-order valence-electron chi connectivity index (χ2n) is 7.18. The van der Waals surface area contributed by atoms with Crippen LogP contribution in [-0.2, 0) is 6.54 Å². The average Bonchev–Trinajstić information content (AvgIpc) is 2.74. The molecule has 30 heavy (non-hydrogen) atoms. The van der Waals surface area contributed by atoms with Gasteiger partial charge in [0.2, 0.25) is 0 Å². The smallest absolute Gasteiger partial charge is 0.330 e. The van der Waals surface area contributed by atoms with E-state index in [2.05, 4.69) is 9.97 Å². The van der Waals surface area contributed by atoms with Gasteiger partial charge in [0.05, 0.1) is 5.52 Å². The van der Waals surface area contributed by atoms with Crippen LogP contribution in [-0.4, -0.2) is 27.0 Å². The van der Waals surface area contributed by atoms with Crippen molar-refractivity contribution >= 4 is 28.3 Å². The zero-order valence-electron chi connectivity index (χ0n) is 17.4. The normalized spacial score (nSPS) is 11.0. The van der Waals surface area contributed by atoms with E-state index in [1.165, 1.54) is 9.47 Å². The van der Waals surface area contributed by atoms with E-state index in [-0.39, 0.29) is 17.4 Å². The Morgan fingerprint density at radius 2 is 1.90 bits per heavy atom. The van der Waals surface area contributed by atoms with Crippen molar-refractivity contribution in [2.75, 3.05) is 17.2 Å². The van der Waals surface area contributed by atoms with Crippen LogP contribution >= 0.6 is 0 Å². The minimum absolute atomic E-state index is 0.0139. The lowest BCUT2D eigenvalue weighted by atomic mass is 10.1. The van der Waals surface area contributed by atoms with Crippen LogP contribution in [0.1, 0.15) is 49.9 Å². The highest BCUT2D eigenvalue weighted by Gasteiger charge is 2.26. The average molecular weight is 409 g/mol. The summed E-state index contributed by atoms with van der Waals surface area (Å²) >= 11 is 0. The summed E-state index contributed by atoms with van der Waals surface area (Å²) in [5, 5.41) is 0.695. The summed E-state index contributed by atoms with van der Waals surface area (Å²) in [6, 6.07) is 8.89. The van der Waals surface area contributed by atoms with Gasteiger partial charge in [-0.1, -0.05) is 38.8 Å². The maximum absolute atomic E-state index is 13.6. The Labute approximate surface area is 174 Å². The molecule has 0 atom stereocenters. The number of fused-ring (bicyclic) bond motifs is 1. The SMILES string of the molecule is CCCCN(C(=O)c1cccc2ncccc12)c1c(N)n(CCCC)c(=O)[nH]c1=O. The van der Waals surface area contributed by atoms with Crippen LogP contribution in [0.15, 0.2) is 46.1 Å². The molecule has 2 aromatic heterocycles. The number of benzene rings is 1. The predicted molar refractivity (Wildman–Crippen MR) is 119 cm³/mol. The number of aromatic nitrogens is 3. The van der Waals surface area contributed by atoms with E-state index in [9.17, 15) is 14.4 Å². The highest BCUT2D eigenvalue weighted by molar-refractivity contribution is 6.14. The molecule has 0 aliphatic heterocycles. The molecule has 1 aromatic carbocycles. The van der Waals surface area contributed by atoms with E-state index in [1.807, 2.05) is 26.0 Å². The lowest BCUT2D eigenvalue weighted by molar-refractivity contribution is 0.0987. The van der Waals surface area contributed by atoms with Gasteiger partial charge in [-0.25, -0.2) is 4.79 Å². The fraction of sp³-hybridized carbons (Fsp3) is 0.364. The molecule has 0 aliphatic rings. The Bertz CT molecular complexity index is 1160. The third-order valence-corrected chi connectivity index (χ3v) is 5.08. The minimum atomic E-state index is -0.659. The Kier molecular flexibility index (Phi) is 6.66. The van der Waals surface area contributed by atoms with Gasteiger partial charge in [0.15, 0.2) is 5.69 Å². The number of nitrogens with zero attached hydrogens (tertiary/aromatic N) is 3. The minimum Gasteiger partial charge on any atom is -0.383 e. The van der Waals surface area contributed by atoms with Gasteiger partial charge in [0.25, 0.3) is 11.5 Å². The number of nitrogens with one attached hydrogen (secondary N) is 1. The molecule has 3 aromatic rings. The fourth-order valence-corrected chi connectivity index (χ4v) is 3.44. The Hall–Kier alpha value is -3.42. The number of hydrogen-bond acceptors (Lipinski definition) is 5. The molecular formula is C22H27N5O3. The van der Waals surface area contributed by atoms with Crippen LogP contribution in [0.5, 0.6) is 0 Å². The summed E-state index contributed by atoms with van der Waals surface area (Å²) < 4.78 is 1.33. The van der Waals surface area contributed by atoms with Crippen molar-refractivity contribution in [1.82, 2.24) is 14.5 Å². The van der Waals surface area contributed by atoms with Crippen molar-refractivity contribution in [3.63, 3.8) is 0 Å². The maximum atomic E-state index is 13.6. The molecule has 8 nitrogen and oxygen atoms in total. The van der Waals surface area contributed by atoms with E-state index in [0.29, 0.717) is 36.0 Å². The van der Waals surface area contributed by atoms with E-state index in [0.717, 1.165) is 19.3 Å². The molecule has 0 saturated heterocycles. The number of nitrogen functional groups attached to an aromatic ring is 1. The van der Waals surface area contributed by atoms with Crippen molar-refractivity contribution < 1.29 is 4.79 Å². The van der Waals surface area contributed by atoms with Crippen LogP contribution in [0.4, 0.5) is 11.5 Å². The molecule has 0 unspecified atom stereocenters. The molecule has 0 saturated carbocycles. The van der Waals surface area contributed by atoms with Gasteiger partial charge >= 0.3 is 5.69 Å². The number of carbonyl (C=O) groups is 1. The van der Waals surface area contributed by atoms with Crippen LogP contribution in [0.25, 0.3) is 10.9 Å². The van der Waals surface area contributed by atoms with E-state index in [1.54, 1.807) is 24.4 Å². The van der Waals surface area contributed by atoms with Gasteiger partial charge < -0.3 is 10.6 Å². The second kappa shape index (κ2) is 9.39. The van der Waals surface area contributed by atoms with Gasteiger partial charge in [-0.2, -0.15) is 0 Å². The number of aromatic amines is 1. The summed E-state index contributed by atoms with van der Waals surface area (Å²) in [5.41, 5.74) is 6.18. The van der Waals surface area contributed by atoms with Gasteiger partial charge in [-0.05, 0) is 31.0 Å². The summed E-state index contributed by atoms with van der Waals surface area (Å²) in [4.78, 5) is 46.6. The highest BCUT2D eigenvalue weighted by Crippen LogP contribution is 2.24. The standard InChI is InChI=1S/C22H27N5O3/c1-3-5-13-26(18-19(23)27(14-6-4-2)22(30)25-20(18)28)21(29)16-9-7-11-17-15(16)10-8-12-24-17/h7-12H,3-6,13-14,23H2,1-2H3,(H,25,28,30). The van der Waals surface area contributed by atoms with Crippen LogP contribution in [0.2, 0.25) is 0 Å². The van der Waals surface area contributed by atoms with Crippen molar-refractivity contribution in [2.45, 2.75) is 46.1 Å². The zero-order valence-corrected chi connectivity index (χ0v) is 17.4.